The zero-order valence-electron chi connectivity index (χ0n) is 13.7. The van der Waals surface area contributed by atoms with E-state index in [1.54, 1.807) is 6.21 Å². The van der Waals surface area contributed by atoms with Crippen LogP contribution in [-0.2, 0) is 6.61 Å². The van der Waals surface area contributed by atoms with Crippen LogP contribution >= 0.6 is 0 Å². The molecule has 128 valence electrons. The van der Waals surface area contributed by atoms with Gasteiger partial charge in [-0.3, -0.25) is 0 Å². The van der Waals surface area contributed by atoms with Gasteiger partial charge in [-0.25, -0.2) is 5.43 Å². The van der Waals surface area contributed by atoms with E-state index >= 15 is 0 Å². The molecule has 0 saturated carbocycles. The first-order valence-electron chi connectivity index (χ1n) is 7.81. The quantitative estimate of drug-likeness (QED) is 0.484. The lowest BCUT2D eigenvalue weighted by molar-refractivity contribution is 0.269. The third kappa shape index (κ3) is 4.77. The molecule has 0 fully saturated rings. The van der Waals surface area contributed by atoms with Crippen molar-refractivity contribution in [2.45, 2.75) is 13.5 Å². The molecule has 25 heavy (non-hydrogen) atoms. The fraction of sp³-hybridized carbons (Fsp3) is 0.176. The minimum Gasteiger partial charge on any atom is -0.490 e. The first-order chi connectivity index (χ1) is 12.3. The van der Waals surface area contributed by atoms with Gasteiger partial charge in [-0.05, 0) is 41.5 Å². The highest BCUT2D eigenvalue weighted by atomic mass is 16.5. The van der Waals surface area contributed by atoms with Gasteiger partial charge >= 0.3 is 0 Å². The molecule has 0 aliphatic carbocycles. The van der Waals surface area contributed by atoms with Gasteiger partial charge in [-0.2, -0.15) is 10.3 Å². The molecule has 0 bridgehead atoms. The van der Waals surface area contributed by atoms with Crippen molar-refractivity contribution in [1.82, 2.24) is 20.6 Å². The summed E-state index contributed by atoms with van der Waals surface area (Å²) in [6, 6.07) is 15.6. The predicted octanol–water partition coefficient (Wildman–Crippen LogP) is 2.62. The van der Waals surface area contributed by atoms with Gasteiger partial charge in [0.25, 0.3) is 5.95 Å². The van der Waals surface area contributed by atoms with Crippen molar-refractivity contribution in [1.29, 1.82) is 0 Å². The van der Waals surface area contributed by atoms with E-state index in [9.17, 15) is 0 Å². The van der Waals surface area contributed by atoms with E-state index in [-0.39, 0.29) is 0 Å². The van der Waals surface area contributed by atoms with E-state index in [0.29, 0.717) is 30.7 Å². The van der Waals surface area contributed by atoms with Crippen LogP contribution in [0.1, 0.15) is 18.1 Å². The smallest absolute Gasteiger partial charge is 0.283 e. The maximum absolute atomic E-state index is 5.88. The maximum Gasteiger partial charge on any atom is 0.283 e. The third-order valence-corrected chi connectivity index (χ3v) is 3.23. The molecule has 8 heteroatoms. The SMILES string of the molecule is CCOc1cc(C=NNc2nn[nH]n2)ccc1OCc1ccccc1. The van der Waals surface area contributed by atoms with Crippen LogP contribution in [0.3, 0.4) is 0 Å². The number of nitrogens with one attached hydrogen (secondary N) is 2. The zero-order chi connectivity index (χ0) is 17.3. The van der Waals surface area contributed by atoms with Gasteiger partial charge in [0, 0.05) is 0 Å². The molecule has 1 heterocycles. The molecular formula is C17H18N6O2. The number of H-pyrrole nitrogens is 1. The zero-order valence-corrected chi connectivity index (χ0v) is 13.7. The second kappa shape index (κ2) is 8.44. The molecule has 0 radical (unpaired) electrons. The summed E-state index contributed by atoms with van der Waals surface area (Å²) >= 11 is 0. The molecule has 1 aromatic heterocycles. The number of hydrogen-bond donors (Lipinski definition) is 2. The van der Waals surface area contributed by atoms with Crippen LogP contribution in [0.15, 0.2) is 53.6 Å². The number of ether oxygens (including phenoxy) is 2. The van der Waals surface area contributed by atoms with E-state index < -0.39 is 0 Å². The number of hydrogen-bond acceptors (Lipinski definition) is 7. The highest BCUT2D eigenvalue weighted by Gasteiger charge is 2.06. The minimum absolute atomic E-state index is 0.295. The number of nitrogens with zero attached hydrogens (tertiary/aromatic N) is 4. The van der Waals surface area contributed by atoms with E-state index in [1.165, 1.54) is 0 Å². The van der Waals surface area contributed by atoms with E-state index in [1.807, 2.05) is 55.5 Å². The van der Waals surface area contributed by atoms with Crippen LogP contribution in [0.5, 0.6) is 11.5 Å². The van der Waals surface area contributed by atoms with Crippen LogP contribution in [0.4, 0.5) is 5.95 Å². The molecule has 3 aromatic rings. The normalized spacial score (nSPS) is 10.8. The Morgan fingerprint density at radius 1 is 1.12 bits per heavy atom. The highest BCUT2D eigenvalue weighted by molar-refractivity contribution is 5.81. The molecular weight excluding hydrogens is 320 g/mol. The Labute approximate surface area is 144 Å². The summed E-state index contributed by atoms with van der Waals surface area (Å²) in [7, 11) is 0. The number of aromatic amines is 1. The summed E-state index contributed by atoms with van der Waals surface area (Å²) in [4.78, 5) is 0. The molecule has 0 saturated heterocycles. The van der Waals surface area contributed by atoms with Crippen molar-refractivity contribution in [3.63, 3.8) is 0 Å². The molecule has 0 atom stereocenters. The third-order valence-electron chi connectivity index (χ3n) is 3.23. The Balaban J connectivity index is 1.67. The summed E-state index contributed by atoms with van der Waals surface area (Å²) in [6.45, 7) is 2.96. The Morgan fingerprint density at radius 2 is 2.00 bits per heavy atom. The van der Waals surface area contributed by atoms with Gasteiger partial charge in [-0.1, -0.05) is 35.4 Å². The van der Waals surface area contributed by atoms with Crippen LogP contribution in [0.25, 0.3) is 0 Å². The Kier molecular flexibility index (Phi) is 5.55. The highest BCUT2D eigenvalue weighted by Crippen LogP contribution is 2.28. The molecule has 0 spiro atoms. The molecule has 2 N–H and O–H groups in total. The molecule has 8 nitrogen and oxygen atoms in total. The van der Waals surface area contributed by atoms with Gasteiger partial charge in [0.15, 0.2) is 11.5 Å². The second-order valence-corrected chi connectivity index (χ2v) is 5.02. The fourth-order valence-corrected chi connectivity index (χ4v) is 2.10. The van der Waals surface area contributed by atoms with Crippen molar-refractivity contribution in [2.75, 3.05) is 12.0 Å². The van der Waals surface area contributed by atoms with Crippen LogP contribution in [-0.4, -0.2) is 33.4 Å². The second-order valence-electron chi connectivity index (χ2n) is 5.02. The predicted molar refractivity (Wildman–Crippen MR) is 93.8 cm³/mol. The molecule has 0 aliphatic rings. The average Bonchev–Trinajstić information content (AvgIpc) is 3.16. The van der Waals surface area contributed by atoms with Gasteiger partial charge < -0.3 is 9.47 Å². The van der Waals surface area contributed by atoms with Gasteiger partial charge in [-0.15, -0.1) is 5.10 Å². The van der Waals surface area contributed by atoms with E-state index in [0.717, 1.165) is 11.1 Å². The molecule has 0 unspecified atom stereocenters. The Bertz CT molecular complexity index is 805. The lowest BCUT2D eigenvalue weighted by Gasteiger charge is -2.12. The first-order valence-corrected chi connectivity index (χ1v) is 7.81. The van der Waals surface area contributed by atoms with Crippen molar-refractivity contribution in [2.24, 2.45) is 5.10 Å². The van der Waals surface area contributed by atoms with Gasteiger partial charge in [0.1, 0.15) is 6.61 Å². The summed E-state index contributed by atoms with van der Waals surface area (Å²) in [5, 5.41) is 17.3. The first kappa shape index (κ1) is 16.4. The molecule has 0 aliphatic heterocycles. The Morgan fingerprint density at radius 3 is 2.76 bits per heavy atom. The van der Waals surface area contributed by atoms with E-state index in [2.05, 4.69) is 31.2 Å². The average molecular weight is 338 g/mol. The number of anilines is 1. The monoisotopic (exact) mass is 338 g/mol. The number of benzene rings is 2. The molecule has 2 aromatic carbocycles. The maximum atomic E-state index is 5.88. The largest absolute Gasteiger partial charge is 0.490 e. The van der Waals surface area contributed by atoms with Crippen molar-refractivity contribution in [3.8, 4) is 11.5 Å². The van der Waals surface area contributed by atoms with Crippen LogP contribution < -0.4 is 14.9 Å². The van der Waals surface area contributed by atoms with Gasteiger partial charge in [0.2, 0.25) is 0 Å². The van der Waals surface area contributed by atoms with Crippen LogP contribution in [0, 0.1) is 0 Å². The lowest BCUT2D eigenvalue weighted by Crippen LogP contribution is -2.00. The van der Waals surface area contributed by atoms with Crippen molar-refractivity contribution >= 4 is 12.2 Å². The van der Waals surface area contributed by atoms with Crippen molar-refractivity contribution < 1.29 is 9.47 Å². The van der Waals surface area contributed by atoms with Gasteiger partial charge in [0.05, 0.1) is 12.8 Å². The summed E-state index contributed by atoms with van der Waals surface area (Å²) in [6.07, 6.45) is 1.64. The topological polar surface area (TPSA) is 97.3 Å². The summed E-state index contributed by atoms with van der Waals surface area (Å²) < 4.78 is 11.5. The standard InChI is InChI=1S/C17H18N6O2/c1-2-24-16-10-14(11-18-19-17-20-22-23-21-17)8-9-15(16)25-12-13-6-4-3-5-7-13/h3-11H,2,12H2,1H3,(H2,19,20,21,22,23). The lowest BCUT2D eigenvalue weighted by atomic mass is 10.2. The van der Waals surface area contributed by atoms with Crippen LogP contribution in [0.2, 0.25) is 0 Å². The fourth-order valence-electron chi connectivity index (χ4n) is 2.10. The molecule has 0 amide bonds. The Hall–Kier alpha value is -3.42. The summed E-state index contributed by atoms with van der Waals surface area (Å²) in [5.74, 6) is 1.65. The van der Waals surface area contributed by atoms with E-state index in [4.69, 9.17) is 9.47 Å². The number of aromatic nitrogens is 4. The molecule has 3 rings (SSSR count). The summed E-state index contributed by atoms with van der Waals surface area (Å²) in [5.41, 5.74) is 4.62. The minimum atomic E-state index is 0.295. The number of rotatable bonds is 8. The number of tetrazole rings is 1. The number of hydrazone groups is 1. The van der Waals surface area contributed by atoms with Crippen molar-refractivity contribution in [3.05, 3.63) is 59.7 Å².